The highest BCUT2D eigenvalue weighted by atomic mass is 14.9. The quantitative estimate of drug-likeness (QED) is 0.818. The zero-order valence-corrected chi connectivity index (χ0v) is 9.07. The predicted molar refractivity (Wildman–Crippen MR) is 65.6 cm³/mol. The van der Waals surface area contributed by atoms with Crippen LogP contribution < -0.4 is 5.32 Å². The van der Waals surface area contributed by atoms with Gasteiger partial charge in [-0.25, -0.2) is 0 Å². The third-order valence-electron chi connectivity index (χ3n) is 2.44. The summed E-state index contributed by atoms with van der Waals surface area (Å²) >= 11 is 0. The first kappa shape index (κ1) is 10.3. The van der Waals surface area contributed by atoms with Crippen molar-refractivity contribution < 1.29 is 0 Å². The van der Waals surface area contributed by atoms with Crippen LogP contribution in [0, 0.1) is 18.3 Å². The Morgan fingerprint density at radius 3 is 2.44 bits per heavy atom. The maximum atomic E-state index is 9.03. The molecule has 0 aromatic heterocycles. The molecule has 2 rings (SSSR count). The summed E-state index contributed by atoms with van der Waals surface area (Å²) in [6.45, 7) is 1.99. The van der Waals surface area contributed by atoms with E-state index in [0.29, 0.717) is 5.56 Å². The van der Waals surface area contributed by atoms with Crippen molar-refractivity contribution in [2.45, 2.75) is 6.92 Å². The molecule has 0 aliphatic carbocycles. The first-order chi connectivity index (χ1) is 7.81. The zero-order valence-electron chi connectivity index (χ0n) is 9.07. The van der Waals surface area contributed by atoms with Gasteiger partial charge in [0.15, 0.2) is 0 Å². The number of nitriles is 1. The van der Waals surface area contributed by atoms with Gasteiger partial charge in [0.1, 0.15) is 6.07 Å². The van der Waals surface area contributed by atoms with Crippen molar-refractivity contribution >= 4 is 11.4 Å². The molecule has 0 aliphatic rings. The fourth-order valence-corrected chi connectivity index (χ4v) is 1.59. The molecule has 16 heavy (non-hydrogen) atoms. The van der Waals surface area contributed by atoms with Gasteiger partial charge in [0.05, 0.1) is 11.3 Å². The summed E-state index contributed by atoms with van der Waals surface area (Å²) in [5.41, 5.74) is 3.62. The first-order valence-electron chi connectivity index (χ1n) is 5.13. The molecule has 0 aliphatic heterocycles. The Morgan fingerprint density at radius 2 is 1.75 bits per heavy atom. The molecule has 0 atom stereocenters. The highest BCUT2D eigenvalue weighted by Gasteiger charge is 2.04. The van der Waals surface area contributed by atoms with Crippen molar-refractivity contribution in [2.24, 2.45) is 0 Å². The van der Waals surface area contributed by atoms with Gasteiger partial charge in [0, 0.05) is 5.69 Å². The van der Waals surface area contributed by atoms with Crippen LogP contribution in [0.5, 0.6) is 0 Å². The van der Waals surface area contributed by atoms with Crippen LogP contribution in [0.3, 0.4) is 0 Å². The fraction of sp³-hybridized carbons (Fsp3) is 0.0714. The summed E-state index contributed by atoms with van der Waals surface area (Å²) in [6.07, 6.45) is 0. The number of nitrogens with zero attached hydrogens (tertiary/aromatic N) is 1. The monoisotopic (exact) mass is 208 g/mol. The molecule has 0 unspecified atom stereocenters. The highest BCUT2D eigenvalue weighted by Crippen LogP contribution is 2.23. The summed E-state index contributed by atoms with van der Waals surface area (Å²) in [5, 5.41) is 12.3. The van der Waals surface area contributed by atoms with E-state index >= 15 is 0 Å². The molecule has 2 nitrogen and oxygen atoms in total. The predicted octanol–water partition coefficient (Wildman–Crippen LogP) is 3.61. The van der Waals surface area contributed by atoms with Crippen LogP contribution in [0.15, 0.2) is 48.5 Å². The van der Waals surface area contributed by atoms with Gasteiger partial charge in [-0.2, -0.15) is 5.26 Å². The number of para-hydroxylation sites is 2. The van der Waals surface area contributed by atoms with E-state index < -0.39 is 0 Å². The molecule has 2 aromatic carbocycles. The summed E-state index contributed by atoms with van der Waals surface area (Å²) < 4.78 is 0. The lowest BCUT2D eigenvalue weighted by molar-refractivity contribution is 1.39. The third-order valence-corrected chi connectivity index (χ3v) is 2.44. The Kier molecular flexibility index (Phi) is 2.88. The minimum Gasteiger partial charge on any atom is -0.354 e. The lowest BCUT2D eigenvalue weighted by atomic mass is 10.1. The SMILES string of the molecule is Cc1cccc(C#N)c1Nc1ccccc1. The average molecular weight is 208 g/mol. The first-order valence-corrected chi connectivity index (χ1v) is 5.13. The van der Waals surface area contributed by atoms with E-state index in [2.05, 4.69) is 11.4 Å². The second-order valence-electron chi connectivity index (χ2n) is 3.60. The van der Waals surface area contributed by atoms with E-state index in [0.717, 1.165) is 16.9 Å². The number of rotatable bonds is 2. The molecule has 0 radical (unpaired) electrons. The van der Waals surface area contributed by atoms with Crippen molar-refractivity contribution in [2.75, 3.05) is 5.32 Å². The van der Waals surface area contributed by atoms with E-state index in [4.69, 9.17) is 5.26 Å². The van der Waals surface area contributed by atoms with Crippen LogP contribution in [-0.4, -0.2) is 0 Å². The largest absolute Gasteiger partial charge is 0.354 e. The van der Waals surface area contributed by atoms with Crippen LogP contribution in [0.2, 0.25) is 0 Å². The van der Waals surface area contributed by atoms with Crippen LogP contribution in [0.4, 0.5) is 11.4 Å². The third kappa shape index (κ3) is 2.04. The Balaban J connectivity index is 2.39. The second kappa shape index (κ2) is 4.50. The lowest BCUT2D eigenvalue weighted by Gasteiger charge is -2.10. The molecule has 2 heteroatoms. The molecule has 0 fully saturated rings. The molecule has 0 saturated carbocycles. The summed E-state index contributed by atoms with van der Waals surface area (Å²) in [7, 11) is 0. The normalized spacial score (nSPS) is 9.50. The van der Waals surface area contributed by atoms with Crippen molar-refractivity contribution in [3.63, 3.8) is 0 Å². The molecular weight excluding hydrogens is 196 g/mol. The van der Waals surface area contributed by atoms with Gasteiger partial charge in [-0.1, -0.05) is 30.3 Å². The van der Waals surface area contributed by atoms with Gasteiger partial charge in [-0.3, -0.25) is 0 Å². The maximum Gasteiger partial charge on any atom is 0.101 e. The van der Waals surface area contributed by atoms with Gasteiger partial charge in [0.2, 0.25) is 0 Å². The number of aryl methyl sites for hydroxylation is 1. The van der Waals surface area contributed by atoms with Crippen LogP contribution >= 0.6 is 0 Å². The lowest BCUT2D eigenvalue weighted by Crippen LogP contribution is -1.95. The molecule has 2 aromatic rings. The zero-order chi connectivity index (χ0) is 11.4. The van der Waals surface area contributed by atoms with Gasteiger partial charge >= 0.3 is 0 Å². The van der Waals surface area contributed by atoms with Crippen LogP contribution in [-0.2, 0) is 0 Å². The topological polar surface area (TPSA) is 35.8 Å². The number of hydrogen-bond donors (Lipinski definition) is 1. The standard InChI is InChI=1S/C14H12N2/c1-11-6-5-7-12(10-15)14(11)16-13-8-3-2-4-9-13/h2-9,16H,1H3. The number of nitrogens with one attached hydrogen (secondary N) is 1. The van der Waals surface area contributed by atoms with E-state index in [1.54, 1.807) is 0 Å². The number of hydrogen-bond acceptors (Lipinski definition) is 2. The van der Waals surface area contributed by atoms with Gasteiger partial charge < -0.3 is 5.32 Å². The van der Waals surface area contributed by atoms with E-state index in [1.807, 2.05) is 55.5 Å². The minimum absolute atomic E-state index is 0.670. The summed E-state index contributed by atoms with van der Waals surface area (Å²) in [5.74, 6) is 0. The van der Waals surface area contributed by atoms with Gasteiger partial charge in [-0.15, -0.1) is 0 Å². The van der Waals surface area contributed by atoms with Gasteiger partial charge in [-0.05, 0) is 30.7 Å². The molecule has 0 amide bonds. The minimum atomic E-state index is 0.670. The number of benzene rings is 2. The van der Waals surface area contributed by atoms with E-state index in [-0.39, 0.29) is 0 Å². The molecule has 0 heterocycles. The van der Waals surface area contributed by atoms with Crippen LogP contribution in [0.25, 0.3) is 0 Å². The molecule has 1 N–H and O–H groups in total. The Labute approximate surface area is 95.2 Å². The van der Waals surface area contributed by atoms with Crippen molar-refractivity contribution in [3.8, 4) is 6.07 Å². The highest BCUT2D eigenvalue weighted by molar-refractivity contribution is 5.69. The van der Waals surface area contributed by atoms with Gasteiger partial charge in [0.25, 0.3) is 0 Å². The Bertz CT molecular complexity index is 524. The maximum absolute atomic E-state index is 9.03. The molecule has 0 saturated heterocycles. The van der Waals surface area contributed by atoms with Crippen molar-refractivity contribution in [1.82, 2.24) is 0 Å². The fourth-order valence-electron chi connectivity index (χ4n) is 1.59. The number of anilines is 2. The van der Waals surface area contributed by atoms with E-state index in [1.165, 1.54) is 0 Å². The molecular formula is C14H12N2. The second-order valence-corrected chi connectivity index (χ2v) is 3.60. The molecule has 0 bridgehead atoms. The smallest absolute Gasteiger partial charge is 0.101 e. The van der Waals surface area contributed by atoms with Crippen molar-refractivity contribution in [3.05, 3.63) is 59.7 Å². The summed E-state index contributed by atoms with van der Waals surface area (Å²) in [4.78, 5) is 0. The average Bonchev–Trinajstić information content (AvgIpc) is 2.33. The Morgan fingerprint density at radius 1 is 1.00 bits per heavy atom. The molecule has 0 spiro atoms. The Hall–Kier alpha value is -2.27. The van der Waals surface area contributed by atoms with Crippen LogP contribution in [0.1, 0.15) is 11.1 Å². The van der Waals surface area contributed by atoms with Crippen molar-refractivity contribution in [1.29, 1.82) is 5.26 Å². The molecule has 78 valence electrons. The van der Waals surface area contributed by atoms with E-state index in [9.17, 15) is 0 Å². The summed E-state index contributed by atoms with van der Waals surface area (Å²) in [6, 6.07) is 17.8.